The van der Waals surface area contributed by atoms with Gasteiger partial charge in [0.25, 0.3) is 0 Å². The molecule has 4 nitrogen and oxygen atoms in total. The number of likely N-dealkylation sites (N-methyl/N-ethyl adjacent to an activating group) is 1. The summed E-state index contributed by atoms with van der Waals surface area (Å²) in [4.78, 5) is 15.6. The van der Waals surface area contributed by atoms with Crippen LogP contribution in [0.1, 0.15) is 34.9 Å². The van der Waals surface area contributed by atoms with Crippen LogP contribution >= 0.6 is 22.9 Å². The fourth-order valence-corrected chi connectivity index (χ4v) is 4.91. The fraction of sp³-hybridized carbons (Fsp3) is 0.400. The molecule has 136 valence electrons. The molecule has 1 aliphatic rings. The maximum atomic E-state index is 12.5. The number of amides is 1. The number of anilines is 1. The van der Waals surface area contributed by atoms with Crippen molar-refractivity contribution in [2.45, 2.75) is 32.7 Å². The summed E-state index contributed by atoms with van der Waals surface area (Å²) in [6.45, 7) is 3.07. The van der Waals surface area contributed by atoms with Crippen molar-refractivity contribution in [1.29, 1.82) is 5.26 Å². The van der Waals surface area contributed by atoms with Gasteiger partial charge in [-0.3, -0.25) is 9.69 Å². The molecule has 2 aromatic rings. The van der Waals surface area contributed by atoms with Gasteiger partial charge in [-0.25, -0.2) is 0 Å². The molecule has 1 atom stereocenters. The first-order chi connectivity index (χ1) is 12.5. The van der Waals surface area contributed by atoms with E-state index in [1.807, 2.05) is 36.2 Å². The van der Waals surface area contributed by atoms with E-state index in [1.165, 1.54) is 4.88 Å². The molecule has 0 unspecified atom stereocenters. The molecule has 0 saturated carbocycles. The SMILES string of the molecule is C[C@H]1CCc2c(sc(NC(=O)CN(C)Cc3ccccc3Cl)c2C#N)C1. The third-order valence-corrected chi connectivity index (χ3v) is 6.23. The molecule has 1 aromatic carbocycles. The predicted octanol–water partition coefficient (Wildman–Crippen LogP) is 4.47. The van der Waals surface area contributed by atoms with Crippen molar-refractivity contribution in [3.8, 4) is 6.07 Å². The van der Waals surface area contributed by atoms with Gasteiger partial charge in [0.2, 0.25) is 5.91 Å². The predicted molar refractivity (Wildman–Crippen MR) is 107 cm³/mol. The quantitative estimate of drug-likeness (QED) is 0.823. The van der Waals surface area contributed by atoms with Gasteiger partial charge in [-0.1, -0.05) is 36.7 Å². The molecule has 0 spiro atoms. The van der Waals surface area contributed by atoms with Crippen molar-refractivity contribution in [1.82, 2.24) is 4.90 Å². The Balaban J connectivity index is 1.65. The number of fused-ring (bicyclic) bond motifs is 1. The molecule has 1 aromatic heterocycles. The van der Waals surface area contributed by atoms with Gasteiger partial charge < -0.3 is 5.32 Å². The third kappa shape index (κ3) is 4.27. The lowest BCUT2D eigenvalue weighted by atomic mass is 9.89. The van der Waals surface area contributed by atoms with E-state index in [1.54, 1.807) is 11.3 Å². The first-order valence-corrected chi connectivity index (χ1v) is 9.93. The maximum absolute atomic E-state index is 12.5. The Hall–Kier alpha value is -1.87. The number of carbonyl (C=O) groups is 1. The van der Waals surface area contributed by atoms with Crippen molar-refractivity contribution >= 4 is 33.8 Å². The Morgan fingerprint density at radius 2 is 2.23 bits per heavy atom. The molecule has 3 rings (SSSR count). The minimum Gasteiger partial charge on any atom is -0.315 e. The highest BCUT2D eigenvalue weighted by Crippen LogP contribution is 2.39. The van der Waals surface area contributed by atoms with Gasteiger partial charge in [0.15, 0.2) is 0 Å². The van der Waals surface area contributed by atoms with Gasteiger partial charge >= 0.3 is 0 Å². The second kappa shape index (κ2) is 8.22. The van der Waals surface area contributed by atoms with E-state index in [0.29, 0.717) is 28.0 Å². The molecule has 1 N–H and O–H groups in total. The van der Waals surface area contributed by atoms with E-state index in [0.717, 1.165) is 30.4 Å². The number of halogens is 1. The summed E-state index contributed by atoms with van der Waals surface area (Å²) in [5, 5.41) is 13.9. The normalized spacial score (nSPS) is 16.2. The average Bonchev–Trinajstić information content (AvgIpc) is 2.92. The first-order valence-electron chi connectivity index (χ1n) is 8.74. The van der Waals surface area contributed by atoms with Gasteiger partial charge in [-0.15, -0.1) is 11.3 Å². The minimum absolute atomic E-state index is 0.109. The van der Waals surface area contributed by atoms with E-state index in [-0.39, 0.29) is 12.5 Å². The third-order valence-electron chi connectivity index (χ3n) is 4.69. The number of nitriles is 1. The summed E-state index contributed by atoms with van der Waals surface area (Å²) >= 11 is 7.74. The Morgan fingerprint density at radius 3 is 2.96 bits per heavy atom. The monoisotopic (exact) mass is 387 g/mol. The van der Waals surface area contributed by atoms with Crippen LogP contribution in [-0.4, -0.2) is 24.4 Å². The zero-order chi connectivity index (χ0) is 18.7. The van der Waals surface area contributed by atoms with Crippen molar-refractivity contribution in [2.24, 2.45) is 5.92 Å². The number of benzene rings is 1. The summed E-state index contributed by atoms with van der Waals surface area (Å²) in [6.07, 6.45) is 3.03. The van der Waals surface area contributed by atoms with Crippen molar-refractivity contribution in [3.63, 3.8) is 0 Å². The van der Waals surface area contributed by atoms with Crippen LogP contribution < -0.4 is 5.32 Å². The number of hydrogen-bond acceptors (Lipinski definition) is 4. The highest BCUT2D eigenvalue weighted by molar-refractivity contribution is 7.16. The summed E-state index contributed by atoms with van der Waals surface area (Å²) in [5.41, 5.74) is 2.78. The highest BCUT2D eigenvalue weighted by Gasteiger charge is 2.24. The van der Waals surface area contributed by atoms with Crippen molar-refractivity contribution in [3.05, 3.63) is 50.9 Å². The van der Waals surface area contributed by atoms with Gasteiger partial charge in [-0.2, -0.15) is 5.26 Å². The lowest BCUT2D eigenvalue weighted by molar-refractivity contribution is -0.117. The van der Waals surface area contributed by atoms with Gasteiger partial charge in [0.1, 0.15) is 11.1 Å². The van der Waals surface area contributed by atoms with Crippen molar-refractivity contribution < 1.29 is 4.79 Å². The van der Waals surface area contributed by atoms with Crippen molar-refractivity contribution in [2.75, 3.05) is 18.9 Å². The van der Waals surface area contributed by atoms with Crippen LogP contribution in [0.5, 0.6) is 0 Å². The first kappa shape index (κ1) is 18.9. The number of nitrogens with zero attached hydrogens (tertiary/aromatic N) is 2. The number of hydrogen-bond donors (Lipinski definition) is 1. The van der Waals surface area contributed by atoms with E-state index >= 15 is 0 Å². The van der Waals surface area contributed by atoms with Crippen LogP contribution in [0.15, 0.2) is 24.3 Å². The fourth-order valence-electron chi connectivity index (χ4n) is 3.34. The highest BCUT2D eigenvalue weighted by atomic mass is 35.5. The van der Waals surface area contributed by atoms with E-state index in [9.17, 15) is 10.1 Å². The topological polar surface area (TPSA) is 56.1 Å². The van der Waals surface area contributed by atoms with Crippen LogP contribution in [0.25, 0.3) is 0 Å². The number of rotatable bonds is 5. The summed E-state index contributed by atoms with van der Waals surface area (Å²) in [7, 11) is 1.88. The average molecular weight is 388 g/mol. The zero-order valence-electron chi connectivity index (χ0n) is 15.0. The Bertz CT molecular complexity index is 855. The second-order valence-electron chi connectivity index (χ2n) is 6.98. The largest absolute Gasteiger partial charge is 0.315 e. The van der Waals surface area contributed by atoms with E-state index < -0.39 is 0 Å². The van der Waals surface area contributed by atoms with E-state index in [2.05, 4.69) is 18.3 Å². The molecular weight excluding hydrogens is 366 g/mol. The van der Waals surface area contributed by atoms with Gasteiger partial charge in [0.05, 0.1) is 12.1 Å². The molecule has 0 radical (unpaired) electrons. The summed E-state index contributed by atoms with van der Waals surface area (Å²) in [5.74, 6) is 0.528. The molecule has 0 aliphatic heterocycles. The lowest BCUT2D eigenvalue weighted by Gasteiger charge is -2.17. The number of thiophene rings is 1. The molecule has 26 heavy (non-hydrogen) atoms. The Labute approximate surface area is 163 Å². The van der Waals surface area contributed by atoms with Crippen LogP contribution in [0.4, 0.5) is 5.00 Å². The van der Waals surface area contributed by atoms with Crippen LogP contribution in [0.3, 0.4) is 0 Å². The summed E-state index contributed by atoms with van der Waals surface area (Å²) < 4.78 is 0. The molecule has 1 aliphatic carbocycles. The molecular formula is C20H22ClN3OS. The van der Waals surface area contributed by atoms with Gasteiger partial charge in [0, 0.05) is 16.4 Å². The summed E-state index contributed by atoms with van der Waals surface area (Å²) in [6, 6.07) is 9.92. The molecule has 1 heterocycles. The molecule has 6 heteroatoms. The molecule has 0 bridgehead atoms. The number of nitrogens with one attached hydrogen (secondary N) is 1. The molecule has 0 saturated heterocycles. The smallest absolute Gasteiger partial charge is 0.239 e. The van der Waals surface area contributed by atoms with Crippen LogP contribution in [0, 0.1) is 17.2 Å². The molecule has 0 fully saturated rings. The maximum Gasteiger partial charge on any atom is 0.239 e. The van der Waals surface area contributed by atoms with Crippen LogP contribution in [0.2, 0.25) is 5.02 Å². The minimum atomic E-state index is -0.109. The Kier molecular flexibility index (Phi) is 5.98. The number of carbonyl (C=O) groups excluding carboxylic acids is 1. The van der Waals surface area contributed by atoms with Crippen LogP contribution in [-0.2, 0) is 24.2 Å². The van der Waals surface area contributed by atoms with E-state index in [4.69, 9.17) is 11.6 Å². The zero-order valence-corrected chi connectivity index (χ0v) is 16.6. The standard InChI is InChI=1S/C20H22ClN3OS/c1-13-7-8-15-16(10-22)20(26-18(15)9-13)23-19(25)12-24(2)11-14-5-3-4-6-17(14)21/h3-6,13H,7-9,11-12H2,1-2H3,(H,23,25)/t13-/m0/s1. The van der Waals surface area contributed by atoms with Gasteiger partial charge in [-0.05, 0) is 49.4 Å². The molecule has 1 amide bonds. The Morgan fingerprint density at radius 1 is 1.46 bits per heavy atom. The second-order valence-corrected chi connectivity index (χ2v) is 8.49. The lowest BCUT2D eigenvalue weighted by Crippen LogP contribution is -2.29.